The topological polar surface area (TPSA) is 39.7 Å². The van der Waals surface area contributed by atoms with Gasteiger partial charge in [0.05, 0.1) is 6.61 Å². The standard InChI is InChI=1S/C13H17NO3/c1-15-7-9-4-5-10(11-3-2-6-14-11)13-12(9)16-8-17-13/h4-5,11,14H,2-3,6-8H2,1H3. The second kappa shape index (κ2) is 4.55. The number of ether oxygens (including phenoxy) is 3. The van der Waals surface area contributed by atoms with Gasteiger partial charge in [-0.05, 0) is 19.4 Å². The Balaban J connectivity index is 1.97. The van der Waals surface area contributed by atoms with Crippen molar-refractivity contribution in [3.05, 3.63) is 23.3 Å². The SMILES string of the molecule is COCc1ccc(C2CCCN2)c2c1OCO2. The molecular weight excluding hydrogens is 218 g/mol. The Kier molecular flexibility index (Phi) is 2.91. The minimum absolute atomic E-state index is 0.315. The van der Waals surface area contributed by atoms with E-state index >= 15 is 0 Å². The maximum absolute atomic E-state index is 5.61. The fourth-order valence-electron chi connectivity index (χ4n) is 2.57. The maximum atomic E-state index is 5.61. The van der Waals surface area contributed by atoms with Crippen LogP contribution in [0.4, 0.5) is 0 Å². The van der Waals surface area contributed by atoms with E-state index in [1.807, 2.05) is 0 Å². The summed E-state index contributed by atoms with van der Waals surface area (Å²) in [5.74, 6) is 1.76. The lowest BCUT2D eigenvalue weighted by Crippen LogP contribution is -2.13. The van der Waals surface area contributed by atoms with Crippen LogP contribution in [0.25, 0.3) is 0 Å². The van der Waals surface area contributed by atoms with Crippen LogP contribution in [0.1, 0.15) is 30.0 Å². The number of rotatable bonds is 3. The van der Waals surface area contributed by atoms with Crippen molar-refractivity contribution in [1.82, 2.24) is 5.32 Å². The Morgan fingerprint density at radius 3 is 3.00 bits per heavy atom. The summed E-state index contributed by atoms with van der Waals surface area (Å²) in [6.45, 7) is 1.96. The molecule has 0 saturated carbocycles. The fraction of sp³-hybridized carbons (Fsp3) is 0.538. The van der Waals surface area contributed by atoms with Gasteiger partial charge in [-0.1, -0.05) is 12.1 Å². The number of nitrogens with one attached hydrogen (secondary N) is 1. The van der Waals surface area contributed by atoms with Crippen molar-refractivity contribution in [2.45, 2.75) is 25.5 Å². The van der Waals surface area contributed by atoms with E-state index in [-0.39, 0.29) is 0 Å². The molecule has 1 saturated heterocycles. The molecule has 0 bridgehead atoms. The predicted molar refractivity (Wildman–Crippen MR) is 63.3 cm³/mol. The van der Waals surface area contributed by atoms with E-state index in [1.165, 1.54) is 18.4 Å². The van der Waals surface area contributed by atoms with Gasteiger partial charge in [0.25, 0.3) is 0 Å². The Morgan fingerprint density at radius 2 is 2.24 bits per heavy atom. The first-order chi connectivity index (χ1) is 8.40. The van der Waals surface area contributed by atoms with E-state index in [9.17, 15) is 0 Å². The normalized spacial score (nSPS) is 22.1. The lowest BCUT2D eigenvalue weighted by molar-refractivity contribution is 0.162. The van der Waals surface area contributed by atoms with Crippen LogP contribution >= 0.6 is 0 Å². The molecule has 92 valence electrons. The van der Waals surface area contributed by atoms with Crippen molar-refractivity contribution in [3.8, 4) is 11.5 Å². The molecule has 2 aliphatic rings. The van der Waals surface area contributed by atoms with Crippen LogP contribution in [-0.4, -0.2) is 20.4 Å². The monoisotopic (exact) mass is 235 g/mol. The molecule has 1 unspecified atom stereocenters. The van der Waals surface area contributed by atoms with E-state index in [4.69, 9.17) is 14.2 Å². The Bertz CT molecular complexity index is 413. The molecule has 0 spiro atoms. The molecule has 4 heteroatoms. The van der Waals surface area contributed by atoms with Crippen LogP contribution in [0, 0.1) is 0 Å². The summed E-state index contributed by atoms with van der Waals surface area (Å²) in [7, 11) is 1.69. The number of benzene rings is 1. The molecule has 1 aromatic rings. The van der Waals surface area contributed by atoms with Crippen LogP contribution in [-0.2, 0) is 11.3 Å². The van der Waals surface area contributed by atoms with Gasteiger partial charge < -0.3 is 19.5 Å². The average molecular weight is 235 g/mol. The zero-order valence-electron chi connectivity index (χ0n) is 9.99. The van der Waals surface area contributed by atoms with Gasteiger partial charge in [0.2, 0.25) is 6.79 Å². The first-order valence-corrected chi connectivity index (χ1v) is 6.04. The third kappa shape index (κ3) is 1.87. The molecule has 2 heterocycles. The summed E-state index contributed by atoms with van der Waals surface area (Å²) in [6.07, 6.45) is 2.39. The van der Waals surface area contributed by atoms with E-state index in [1.54, 1.807) is 7.11 Å². The zero-order valence-corrected chi connectivity index (χ0v) is 9.99. The molecule has 1 aromatic carbocycles. The minimum Gasteiger partial charge on any atom is -0.453 e. The lowest BCUT2D eigenvalue weighted by atomic mass is 10.0. The first kappa shape index (κ1) is 10.9. The smallest absolute Gasteiger partial charge is 0.231 e. The van der Waals surface area contributed by atoms with Crippen LogP contribution in [0.3, 0.4) is 0 Å². The fourth-order valence-corrected chi connectivity index (χ4v) is 2.57. The van der Waals surface area contributed by atoms with Crippen molar-refractivity contribution in [2.24, 2.45) is 0 Å². The summed E-state index contributed by atoms with van der Waals surface area (Å²) >= 11 is 0. The molecular formula is C13H17NO3. The van der Waals surface area contributed by atoms with Crippen molar-refractivity contribution in [1.29, 1.82) is 0 Å². The summed E-state index contributed by atoms with van der Waals surface area (Å²) < 4.78 is 16.3. The summed E-state index contributed by atoms with van der Waals surface area (Å²) in [5, 5.41) is 3.49. The highest BCUT2D eigenvalue weighted by molar-refractivity contribution is 5.54. The second-order valence-corrected chi connectivity index (χ2v) is 4.46. The first-order valence-electron chi connectivity index (χ1n) is 6.04. The van der Waals surface area contributed by atoms with Crippen LogP contribution in [0.5, 0.6) is 11.5 Å². The minimum atomic E-state index is 0.315. The molecule has 3 rings (SSSR count). The molecule has 1 atom stereocenters. The molecule has 1 fully saturated rings. The second-order valence-electron chi connectivity index (χ2n) is 4.46. The van der Waals surface area contributed by atoms with E-state index in [2.05, 4.69) is 17.4 Å². The third-order valence-electron chi connectivity index (χ3n) is 3.37. The van der Waals surface area contributed by atoms with Crippen LogP contribution in [0.15, 0.2) is 12.1 Å². The van der Waals surface area contributed by atoms with Gasteiger partial charge in [0.1, 0.15) is 0 Å². The molecule has 4 nitrogen and oxygen atoms in total. The van der Waals surface area contributed by atoms with Crippen LogP contribution in [0.2, 0.25) is 0 Å². The van der Waals surface area contributed by atoms with E-state index in [0.29, 0.717) is 19.4 Å². The largest absolute Gasteiger partial charge is 0.453 e. The van der Waals surface area contributed by atoms with E-state index < -0.39 is 0 Å². The molecule has 0 radical (unpaired) electrons. The van der Waals surface area contributed by atoms with Crippen molar-refractivity contribution < 1.29 is 14.2 Å². The molecule has 0 aromatic heterocycles. The van der Waals surface area contributed by atoms with Gasteiger partial charge >= 0.3 is 0 Å². The summed E-state index contributed by atoms with van der Waals surface area (Å²) in [4.78, 5) is 0. The number of hydrogen-bond acceptors (Lipinski definition) is 4. The number of fused-ring (bicyclic) bond motifs is 1. The number of methoxy groups -OCH3 is 1. The van der Waals surface area contributed by atoms with Crippen LogP contribution < -0.4 is 14.8 Å². The lowest BCUT2D eigenvalue weighted by Gasteiger charge is -2.14. The highest BCUT2D eigenvalue weighted by atomic mass is 16.7. The van der Waals surface area contributed by atoms with Gasteiger partial charge in [-0.2, -0.15) is 0 Å². The Morgan fingerprint density at radius 1 is 1.35 bits per heavy atom. The Labute approximate surface area is 101 Å². The molecule has 2 aliphatic heterocycles. The van der Waals surface area contributed by atoms with Gasteiger partial charge in [-0.3, -0.25) is 0 Å². The van der Waals surface area contributed by atoms with Crippen molar-refractivity contribution >= 4 is 0 Å². The Hall–Kier alpha value is -1.26. The molecule has 17 heavy (non-hydrogen) atoms. The summed E-state index contributed by atoms with van der Waals surface area (Å²) in [5.41, 5.74) is 2.27. The van der Waals surface area contributed by atoms with Crippen molar-refractivity contribution in [3.63, 3.8) is 0 Å². The average Bonchev–Trinajstić information content (AvgIpc) is 3.00. The quantitative estimate of drug-likeness (QED) is 0.869. The van der Waals surface area contributed by atoms with Crippen molar-refractivity contribution in [2.75, 3.05) is 20.4 Å². The third-order valence-corrected chi connectivity index (χ3v) is 3.37. The highest BCUT2D eigenvalue weighted by Crippen LogP contribution is 2.43. The molecule has 0 amide bonds. The highest BCUT2D eigenvalue weighted by Gasteiger charge is 2.27. The van der Waals surface area contributed by atoms with Gasteiger partial charge in [0.15, 0.2) is 11.5 Å². The van der Waals surface area contributed by atoms with Gasteiger partial charge in [0, 0.05) is 24.3 Å². The van der Waals surface area contributed by atoms with E-state index in [0.717, 1.165) is 23.6 Å². The van der Waals surface area contributed by atoms with Gasteiger partial charge in [-0.25, -0.2) is 0 Å². The summed E-state index contributed by atoms with van der Waals surface area (Å²) in [6, 6.07) is 4.61. The molecule has 1 N–H and O–H groups in total. The predicted octanol–water partition coefficient (Wildman–Crippen LogP) is 1.99. The zero-order chi connectivity index (χ0) is 11.7. The molecule has 0 aliphatic carbocycles. The number of hydrogen-bond donors (Lipinski definition) is 1. The van der Waals surface area contributed by atoms with Gasteiger partial charge in [-0.15, -0.1) is 0 Å². The maximum Gasteiger partial charge on any atom is 0.231 e.